The molecule has 0 aliphatic carbocycles. The van der Waals surface area contributed by atoms with Gasteiger partial charge in [-0.2, -0.15) is 0 Å². The van der Waals surface area contributed by atoms with Gasteiger partial charge in [-0.3, -0.25) is 4.79 Å². The molecule has 0 bridgehead atoms. The smallest absolute Gasteiger partial charge is 0.274 e. The van der Waals surface area contributed by atoms with Gasteiger partial charge in [-0.05, 0) is 31.5 Å². The van der Waals surface area contributed by atoms with Crippen molar-refractivity contribution in [2.75, 3.05) is 17.2 Å². The number of aromatic nitrogens is 2. The summed E-state index contributed by atoms with van der Waals surface area (Å²) in [6.45, 7) is 4.78. The second-order valence-corrected chi connectivity index (χ2v) is 4.82. The van der Waals surface area contributed by atoms with Gasteiger partial charge in [0.15, 0.2) is 0 Å². The zero-order valence-corrected chi connectivity index (χ0v) is 12.4. The van der Waals surface area contributed by atoms with Gasteiger partial charge in [0.1, 0.15) is 5.69 Å². The highest BCUT2D eigenvalue weighted by molar-refractivity contribution is 6.03. The monoisotopic (exact) mass is 284 g/mol. The lowest BCUT2D eigenvalue weighted by molar-refractivity contribution is 0.102. The molecule has 5 heteroatoms. The summed E-state index contributed by atoms with van der Waals surface area (Å²) in [5.74, 6) is 0.270. The molecule has 0 atom stereocenters. The van der Waals surface area contributed by atoms with Crippen molar-refractivity contribution in [3.05, 3.63) is 47.8 Å². The third kappa shape index (κ3) is 4.56. The first kappa shape index (κ1) is 15.0. The number of aryl methyl sites for hydroxylation is 1. The van der Waals surface area contributed by atoms with E-state index >= 15 is 0 Å². The first-order valence-corrected chi connectivity index (χ1v) is 7.15. The van der Waals surface area contributed by atoms with Crippen LogP contribution in [0.3, 0.4) is 0 Å². The number of unbranched alkanes of at least 4 members (excludes halogenated alkanes) is 1. The normalized spacial score (nSPS) is 10.2. The van der Waals surface area contributed by atoms with Crippen LogP contribution in [-0.4, -0.2) is 22.4 Å². The van der Waals surface area contributed by atoms with Crippen LogP contribution < -0.4 is 10.6 Å². The summed E-state index contributed by atoms with van der Waals surface area (Å²) in [6.07, 6.45) is 2.14. The van der Waals surface area contributed by atoms with E-state index in [0.717, 1.165) is 30.8 Å². The van der Waals surface area contributed by atoms with E-state index in [0.29, 0.717) is 11.6 Å². The number of para-hydroxylation sites is 1. The minimum absolute atomic E-state index is 0.231. The maximum absolute atomic E-state index is 12.2. The van der Waals surface area contributed by atoms with E-state index in [1.54, 1.807) is 6.07 Å². The summed E-state index contributed by atoms with van der Waals surface area (Å²) in [6, 6.07) is 11.0. The minimum atomic E-state index is -0.231. The van der Waals surface area contributed by atoms with Crippen molar-refractivity contribution in [3.8, 4) is 0 Å². The molecule has 110 valence electrons. The van der Waals surface area contributed by atoms with Gasteiger partial charge in [-0.1, -0.05) is 31.5 Å². The van der Waals surface area contributed by atoms with E-state index in [9.17, 15) is 4.79 Å². The van der Waals surface area contributed by atoms with Crippen LogP contribution in [0.25, 0.3) is 0 Å². The quantitative estimate of drug-likeness (QED) is 0.799. The molecule has 0 spiro atoms. The van der Waals surface area contributed by atoms with Crippen molar-refractivity contribution in [3.63, 3.8) is 0 Å². The van der Waals surface area contributed by atoms with Gasteiger partial charge in [-0.15, -0.1) is 0 Å². The highest BCUT2D eigenvalue weighted by Gasteiger charge is 2.10. The summed E-state index contributed by atoms with van der Waals surface area (Å²) in [4.78, 5) is 20.8. The van der Waals surface area contributed by atoms with Crippen molar-refractivity contribution in [2.24, 2.45) is 0 Å². The summed E-state index contributed by atoms with van der Waals surface area (Å²) in [5, 5.41) is 5.97. The molecule has 2 rings (SSSR count). The van der Waals surface area contributed by atoms with Crippen LogP contribution in [0.1, 0.15) is 35.9 Å². The maximum atomic E-state index is 12.2. The van der Waals surface area contributed by atoms with Crippen molar-refractivity contribution in [2.45, 2.75) is 26.7 Å². The molecule has 0 radical (unpaired) electrons. The summed E-state index contributed by atoms with van der Waals surface area (Å²) in [7, 11) is 0. The molecule has 0 aliphatic heterocycles. The molecule has 0 fully saturated rings. The molecular formula is C16H20N4O. The van der Waals surface area contributed by atoms with E-state index in [1.807, 2.05) is 37.3 Å². The first-order valence-electron chi connectivity index (χ1n) is 7.15. The number of carbonyl (C=O) groups excluding carboxylic acids is 1. The summed E-state index contributed by atoms with van der Waals surface area (Å²) < 4.78 is 0. The molecule has 0 saturated heterocycles. The Morgan fingerprint density at radius 1 is 1.19 bits per heavy atom. The van der Waals surface area contributed by atoms with Gasteiger partial charge < -0.3 is 10.6 Å². The van der Waals surface area contributed by atoms with E-state index in [4.69, 9.17) is 0 Å². The van der Waals surface area contributed by atoms with Gasteiger partial charge in [0.2, 0.25) is 5.95 Å². The number of amides is 1. The van der Waals surface area contributed by atoms with Crippen LogP contribution in [0.5, 0.6) is 0 Å². The van der Waals surface area contributed by atoms with Crippen LogP contribution in [-0.2, 0) is 0 Å². The second kappa shape index (κ2) is 7.38. The molecule has 1 amide bonds. The molecule has 5 nitrogen and oxygen atoms in total. The van der Waals surface area contributed by atoms with E-state index in [2.05, 4.69) is 27.5 Å². The molecule has 0 saturated carbocycles. The topological polar surface area (TPSA) is 66.9 Å². The molecule has 0 unspecified atom stereocenters. The van der Waals surface area contributed by atoms with Gasteiger partial charge in [0.25, 0.3) is 5.91 Å². The average Bonchev–Trinajstić information content (AvgIpc) is 2.48. The predicted octanol–water partition coefficient (Wildman–Crippen LogP) is 3.25. The molecule has 0 aliphatic rings. The zero-order valence-electron chi connectivity index (χ0n) is 12.4. The number of carbonyl (C=O) groups is 1. The largest absolute Gasteiger partial charge is 0.354 e. The molecular weight excluding hydrogens is 264 g/mol. The Balaban J connectivity index is 2.09. The van der Waals surface area contributed by atoms with Gasteiger partial charge in [0.05, 0.1) is 0 Å². The maximum Gasteiger partial charge on any atom is 0.274 e. The fourth-order valence-electron chi connectivity index (χ4n) is 1.86. The lowest BCUT2D eigenvalue weighted by Gasteiger charge is -2.08. The van der Waals surface area contributed by atoms with E-state index in [1.165, 1.54) is 0 Å². The van der Waals surface area contributed by atoms with Crippen molar-refractivity contribution in [1.29, 1.82) is 0 Å². The highest BCUT2D eigenvalue weighted by Crippen LogP contribution is 2.10. The lowest BCUT2D eigenvalue weighted by atomic mass is 10.3. The Labute approximate surface area is 124 Å². The van der Waals surface area contributed by atoms with Crippen LogP contribution in [0, 0.1) is 6.92 Å². The SMILES string of the molecule is CCCCNc1nc(C)cc(C(=O)Nc2ccccc2)n1. The highest BCUT2D eigenvalue weighted by atomic mass is 16.1. The number of hydrogen-bond acceptors (Lipinski definition) is 4. The Hall–Kier alpha value is -2.43. The average molecular weight is 284 g/mol. The first-order chi connectivity index (χ1) is 10.2. The van der Waals surface area contributed by atoms with Crippen molar-refractivity contribution >= 4 is 17.5 Å². The summed E-state index contributed by atoms with van der Waals surface area (Å²) in [5.41, 5.74) is 1.88. The number of hydrogen-bond donors (Lipinski definition) is 2. The van der Waals surface area contributed by atoms with Gasteiger partial charge in [-0.25, -0.2) is 9.97 Å². The fraction of sp³-hybridized carbons (Fsp3) is 0.312. The van der Waals surface area contributed by atoms with Crippen LogP contribution >= 0.6 is 0 Å². The molecule has 2 N–H and O–H groups in total. The zero-order chi connectivity index (χ0) is 15.1. The summed E-state index contributed by atoms with van der Waals surface area (Å²) >= 11 is 0. The van der Waals surface area contributed by atoms with Crippen molar-refractivity contribution in [1.82, 2.24) is 9.97 Å². The Bertz CT molecular complexity index is 598. The van der Waals surface area contributed by atoms with E-state index < -0.39 is 0 Å². The fourth-order valence-corrected chi connectivity index (χ4v) is 1.86. The van der Waals surface area contributed by atoms with Crippen LogP contribution in [0.15, 0.2) is 36.4 Å². The number of nitrogens with zero attached hydrogens (tertiary/aromatic N) is 2. The molecule has 1 aromatic heterocycles. The molecule has 2 aromatic rings. The minimum Gasteiger partial charge on any atom is -0.354 e. The van der Waals surface area contributed by atoms with Gasteiger partial charge >= 0.3 is 0 Å². The Kier molecular flexibility index (Phi) is 5.26. The standard InChI is InChI=1S/C16H20N4O/c1-3-4-10-17-16-18-12(2)11-14(20-16)15(21)19-13-8-6-5-7-9-13/h5-9,11H,3-4,10H2,1-2H3,(H,19,21)(H,17,18,20). The molecule has 1 aromatic carbocycles. The Morgan fingerprint density at radius 2 is 1.95 bits per heavy atom. The van der Waals surface area contributed by atoms with E-state index in [-0.39, 0.29) is 5.91 Å². The lowest BCUT2D eigenvalue weighted by Crippen LogP contribution is -2.16. The second-order valence-electron chi connectivity index (χ2n) is 4.82. The number of anilines is 2. The third-order valence-electron chi connectivity index (χ3n) is 2.93. The third-order valence-corrected chi connectivity index (χ3v) is 2.93. The predicted molar refractivity (Wildman–Crippen MR) is 84.6 cm³/mol. The number of nitrogens with one attached hydrogen (secondary N) is 2. The number of benzene rings is 1. The Morgan fingerprint density at radius 3 is 2.67 bits per heavy atom. The van der Waals surface area contributed by atoms with Crippen molar-refractivity contribution < 1.29 is 4.79 Å². The van der Waals surface area contributed by atoms with Crippen LogP contribution in [0.4, 0.5) is 11.6 Å². The molecule has 1 heterocycles. The van der Waals surface area contributed by atoms with Gasteiger partial charge in [0, 0.05) is 17.9 Å². The molecule has 21 heavy (non-hydrogen) atoms. The number of rotatable bonds is 6. The van der Waals surface area contributed by atoms with Crippen LogP contribution in [0.2, 0.25) is 0 Å².